The van der Waals surface area contributed by atoms with Crippen molar-refractivity contribution >= 4 is 40.6 Å². The summed E-state index contributed by atoms with van der Waals surface area (Å²) in [7, 11) is 1.56. The fourth-order valence-electron chi connectivity index (χ4n) is 5.17. The van der Waals surface area contributed by atoms with Crippen molar-refractivity contribution in [3.05, 3.63) is 104 Å². The van der Waals surface area contributed by atoms with Crippen molar-refractivity contribution in [3.8, 4) is 11.5 Å². The number of para-hydroxylation sites is 1. The molecule has 3 heterocycles. The number of anilines is 1. The first-order valence-corrected chi connectivity index (χ1v) is 13.8. The molecule has 0 radical (unpaired) electrons. The smallest absolute Gasteiger partial charge is 0.305 e. The normalized spacial score (nSPS) is 20.3. The summed E-state index contributed by atoms with van der Waals surface area (Å²) < 4.78 is 11.5. The van der Waals surface area contributed by atoms with Gasteiger partial charge in [0, 0.05) is 16.4 Å². The average Bonchev–Trinajstić information content (AvgIpc) is 3.42. The number of benzene rings is 3. The van der Waals surface area contributed by atoms with Crippen LogP contribution in [0.15, 0.2) is 82.6 Å². The first-order valence-electron chi connectivity index (χ1n) is 12.1. The molecule has 192 valence electrons. The predicted octanol–water partition coefficient (Wildman–Crippen LogP) is 5.13. The second-order valence-corrected chi connectivity index (χ2v) is 11.4. The van der Waals surface area contributed by atoms with Crippen LogP contribution in [-0.4, -0.2) is 29.2 Å². The Kier molecular flexibility index (Phi) is 6.33. The van der Waals surface area contributed by atoms with Crippen LogP contribution in [-0.2, 0) is 16.2 Å². The summed E-state index contributed by atoms with van der Waals surface area (Å²) in [6.45, 7) is 2.39. The number of carbonyl (C=O) groups excluding carboxylic acids is 2. The van der Waals surface area contributed by atoms with Crippen molar-refractivity contribution in [1.29, 1.82) is 0 Å². The maximum atomic E-state index is 14.0. The number of amides is 2. The van der Waals surface area contributed by atoms with Gasteiger partial charge in [0.05, 0.1) is 23.7 Å². The van der Waals surface area contributed by atoms with Crippen molar-refractivity contribution in [3.63, 3.8) is 0 Å². The van der Waals surface area contributed by atoms with Gasteiger partial charge in [-0.15, -0.1) is 0 Å². The van der Waals surface area contributed by atoms with Gasteiger partial charge < -0.3 is 14.5 Å². The standard InChI is InChI=1S/C29H24N2O5S2/c1-16-6-5-7-17(14-16)15-36-21-9-4-3-8-20(21)22-23-25(37-26-24(22)38-29(34)30-26)28(33)31(27(23)32)18-10-12-19(35-2)13-11-18/h3-14,22-23,25H,15H2,1-2H3,(H,30,34)/t22-,23?,25?/m1/s1. The van der Waals surface area contributed by atoms with Crippen molar-refractivity contribution in [2.24, 2.45) is 5.92 Å². The third-order valence-electron chi connectivity index (χ3n) is 6.89. The SMILES string of the molecule is COc1ccc(N2C(=O)C3Sc4[nH]c(=O)sc4[C@H](c4ccccc4OCc4cccc(C)c4)C3C2=O)cc1. The van der Waals surface area contributed by atoms with E-state index in [2.05, 4.69) is 11.1 Å². The Hall–Kier alpha value is -3.82. The van der Waals surface area contributed by atoms with E-state index >= 15 is 0 Å². The number of nitrogens with zero attached hydrogens (tertiary/aromatic N) is 1. The van der Waals surface area contributed by atoms with Gasteiger partial charge in [-0.3, -0.25) is 14.4 Å². The van der Waals surface area contributed by atoms with Crippen LogP contribution >= 0.6 is 23.1 Å². The Morgan fingerprint density at radius 2 is 1.74 bits per heavy atom. The molecule has 1 aromatic heterocycles. The van der Waals surface area contributed by atoms with Crippen molar-refractivity contribution < 1.29 is 19.1 Å². The number of thiazole rings is 1. The molecule has 0 bridgehead atoms. The first kappa shape index (κ1) is 24.5. The van der Waals surface area contributed by atoms with Crippen LogP contribution in [0.5, 0.6) is 11.5 Å². The van der Waals surface area contributed by atoms with Crippen LogP contribution in [0.2, 0.25) is 0 Å². The van der Waals surface area contributed by atoms with Gasteiger partial charge in [0.1, 0.15) is 23.4 Å². The summed E-state index contributed by atoms with van der Waals surface area (Å²) in [6, 6.07) is 22.5. The number of aryl methyl sites for hydroxylation is 1. The summed E-state index contributed by atoms with van der Waals surface area (Å²) in [6.07, 6.45) is 0. The van der Waals surface area contributed by atoms with E-state index < -0.39 is 17.1 Å². The van der Waals surface area contributed by atoms with E-state index in [1.807, 2.05) is 49.4 Å². The number of hydrogen-bond donors (Lipinski definition) is 1. The Bertz CT molecular complexity index is 1590. The van der Waals surface area contributed by atoms with E-state index in [1.165, 1.54) is 16.7 Å². The largest absolute Gasteiger partial charge is 0.497 e. The first-order chi connectivity index (χ1) is 18.4. The molecular formula is C29H24N2O5S2. The number of H-pyrrole nitrogens is 1. The number of aromatic amines is 1. The van der Waals surface area contributed by atoms with Gasteiger partial charge in [-0.1, -0.05) is 71.1 Å². The minimum absolute atomic E-state index is 0.211. The topological polar surface area (TPSA) is 88.7 Å². The molecule has 3 aromatic carbocycles. The summed E-state index contributed by atoms with van der Waals surface area (Å²) in [4.78, 5) is 44.7. The minimum atomic E-state index is -0.683. The van der Waals surface area contributed by atoms with Crippen LogP contribution in [0.4, 0.5) is 5.69 Å². The van der Waals surface area contributed by atoms with Crippen molar-refractivity contribution in [2.45, 2.75) is 29.7 Å². The third kappa shape index (κ3) is 4.21. The zero-order valence-corrected chi connectivity index (χ0v) is 22.3. The van der Waals surface area contributed by atoms with E-state index in [0.717, 1.165) is 32.9 Å². The maximum absolute atomic E-state index is 14.0. The highest BCUT2D eigenvalue weighted by Crippen LogP contribution is 2.54. The van der Waals surface area contributed by atoms with Gasteiger partial charge in [-0.25, -0.2) is 4.90 Å². The van der Waals surface area contributed by atoms with Gasteiger partial charge in [-0.2, -0.15) is 0 Å². The van der Waals surface area contributed by atoms with E-state index in [4.69, 9.17) is 9.47 Å². The number of aromatic nitrogens is 1. The van der Waals surface area contributed by atoms with Gasteiger partial charge in [0.2, 0.25) is 11.8 Å². The lowest BCUT2D eigenvalue weighted by molar-refractivity contribution is -0.122. The molecule has 0 saturated carbocycles. The number of thioether (sulfide) groups is 1. The van der Waals surface area contributed by atoms with E-state index in [1.54, 1.807) is 31.4 Å². The Morgan fingerprint density at radius 1 is 0.947 bits per heavy atom. The van der Waals surface area contributed by atoms with E-state index in [0.29, 0.717) is 28.8 Å². The quantitative estimate of drug-likeness (QED) is 0.339. The van der Waals surface area contributed by atoms with E-state index in [-0.39, 0.29) is 16.7 Å². The number of rotatable bonds is 6. The molecule has 38 heavy (non-hydrogen) atoms. The molecule has 9 heteroatoms. The van der Waals surface area contributed by atoms with Crippen molar-refractivity contribution in [2.75, 3.05) is 12.0 Å². The van der Waals surface area contributed by atoms with Crippen LogP contribution < -0.4 is 19.2 Å². The summed E-state index contributed by atoms with van der Waals surface area (Å²) in [5.74, 6) is -0.513. The van der Waals surface area contributed by atoms with Crippen molar-refractivity contribution in [1.82, 2.24) is 4.98 Å². The Morgan fingerprint density at radius 3 is 2.50 bits per heavy atom. The molecule has 2 aliphatic heterocycles. The molecule has 0 spiro atoms. The summed E-state index contributed by atoms with van der Waals surface area (Å²) in [5.41, 5.74) is 3.45. The lowest BCUT2D eigenvalue weighted by Crippen LogP contribution is -2.32. The number of fused-ring (bicyclic) bond motifs is 2. The van der Waals surface area contributed by atoms with Crippen LogP contribution in [0, 0.1) is 12.8 Å². The molecule has 1 fully saturated rings. The van der Waals surface area contributed by atoms with Gasteiger partial charge in [0.15, 0.2) is 0 Å². The molecule has 0 aliphatic carbocycles. The molecule has 2 unspecified atom stereocenters. The molecule has 7 nitrogen and oxygen atoms in total. The monoisotopic (exact) mass is 544 g/mol. The second-order valence-electron chi connectivity index (χ2n) is 9.28. The number of hydrogen-bond acceptors (Lipinski definition) is 7. The minimum Gasteiger partial charge on any atom is -0.497 e. The number of imide groups is 1. The maximum Gasteiger partial charge on any atom is 0.305 e. The molecule has 1 saturated heterocycles. The number of nitrogens with one attached hydrogen (secondary N) is 1. The van der Waals surface area contributed by atoms with Crippen LogP contribution in [0.25, 0.3) is 0 Å². The molecule has 6 rings (SSSR count). The van der Waals surface area contributed by atoms with Gasteiger partial charge in [0.25, 0.3) is 0 Å². The highest BCUT2D eigenvalue weighted by Gasteiger charge is 2.56. The lowest BCUT2D eigenvalue weighted by atomic mass is 9.82. The highest BCUT2D eigenvalue weighted by molar-refractivity contribution is 8.00. The Labute approximate surface area is 227 Å². The van der Waals surface area contributed by atoms with E-state index in [9.17, 15) is 14.4 Å². The van der Waals surface area contributed by atoms with Crippen LogP contribution in [0.1, 0.15) is 27.5 Å². The predicted molar refractivity (Wildman–Crippen MR) is 147 cm³/mol. The Balaban J connectivity index is 1.41. The number of carbonyl (C=O) groups is 2. The molecule has 3 atom stereocenters. The molecule has 2 amide bonds. The summed E-state index contributed by atoms with van der Waals surface area (Å²) in [5, 5.41) is -0.0327. The van der Waals surface area contributed by atoms with Gasteiger partial charge >= 0.3 is 4.87 Å². The van der Waals surface area contributed by atoms with Gasteiger partial charge in [-0.05, 0) is 42.8 Å². The van der Waals surface area contributed by atoms with Crippen LogP contribution in [0.3, 0.4) is 0 Å². The third-order valence-corrected chi connectivity index (χ3v) is 9.29. The molecule has 1 N–H and O–H groups in total. The fraction of sp³-hybridized carbons (Fsp3) is 0.207. The fourth-order valence-corrected chi connectivity index (χ4v) is 7.68. The molecule has 4 aromatic rings. The average molecular weight is 545 g/mol. The zero-order chi connectivity index (χ0) is 26.4. The second kappa shape index (κ2) is 9.81. The summed E-state index contributed by atoms with van der Waals surface area (Å²) >= 11 is 2.35. The number of methoxy groups -OCH3 is 1. The zero-order valence-electron chi connectivity index (χ0n) is 20.7. The number of ether oxygens (including phenoxy) is 2. The molecular weight excluding hydrogens is 520 g/mol. The lowest BCUT2D eigenvalue weighted by Gasteiger charge is -2.30. The molecule has 2 aliphatic rings. The highest BCUT2D eigenvalue weighted by atomic mass is 32.2.